The fourth-order valence-electron chi connectivity index (χ4n) is 4.33. The fraction of sp³-hybridized carbons (Fsp3) is 0.488. The lowest BCUT2D eigenvalue weighted by Crippen LogP contribution is -2.13. The summed E-state index contributed by atoms with van der Waals surface area (Å²) in [5.41, 5.74) is 8.17. The molecule has 4 heteroatoms. The Labute approximate surface area is 278 Å². The second kappa shape index (κ2) is 29.5. The van der Waals surface area contributed by atoms with Gasteiger partial charge in [-0.2, -0.15) is 0 Å². The van der Waals surface area contributed by atoms with Crippen LogP contribution in [0.1, 0.15) is 90.8 Å². The van der Waals surface area contributed by atoms with E-state index in [1.165, 1.54) is 35.1 Å². The average molecular weight is 623 g/mol. The van der Waals surface area contributed by atoms with Crippen LogP contribution in [0, 0.1) is 31.5 Å². The summed E-state index contributed by atoms with van der Waals surface area (Å²) >= 11 is 0. The lowest BCUT2D eigenvalue weighted by molar-refractivity contribution is -0.0980. The van der Waals surface area contributed by atoms with Gasteiger partial charge in [-0.3, -0.25) is 0 Å². The first kappa shape index (κ1) is 46.2. The Morgan fingerprint density at radius 3 is 2.04 bits per heavy atom. The average Bonchev–Trinajstić information content (AvgIpc) is 3.03. The van der Waals surface area contributed by atoms with Crippen LogP contribution in [-0.2, 0) is 11.2 Å². The van der Waals surface area contributed by atoms with Gasteiger partial charge < -0.3 is 15.0 Å². The molecule has 0 amide bonds. The molecule has 2 aromatic carbocycles. The van der Waals surface area contributed by atoms with Gasteiger partial charge in [0.1, 0.15) is 12.6 Å². The van der Waals surface area contributed by atoms with Gasteiger partial charge in [0.2, 0.25) is 0 Å². The molecule has 3 nitrogen and oxygen atoms in total. The first-order valence-corrected chi connectivity index (χ1v) is 16.5. The van der Waals surface area contributed by atoms with Crippen LogP contribution in [0.5, 0.6) is 0 Å². The van der Waals surface area contributed by atoms with Crippen molar-refractivity contribution in [3.05, 3.63) is 108 Å². The van der Waals surface area contributed by atoms with E-state index in [4.69, 9.17) is 4.79 Å². The van der Waals surface area contributed by atoms with Crippen molar-refractivity contribution in [3.8, 4) is 11.1 Å². The number of aryl methyl sites for hydroxylation is 3. The maximum absolute atomic E-state index is 13.7. The molecule has 1 N–H and O–H groups in total. The standard InChI is InChI=1S/C17H19F.C11H19N.C10H21N.C2H6.CH2O/c1-4-6-14-11-15(9-10-16(14)18)17-12(2)7-5-8-13(17)3;1-5-7-8-11(6-2)9-10-12(3)4;1-8(2)6-7-9(3)10(4)11-5;2*1-2/h5,7-11H,4,6H2,1-3H3;5-8H,1,9-10H2,2-4H3;8-9,11H,4,6-7H2,1-3,5H3;1-2H3;1H2/b;8-7-,11-6+;;;. The van der Waals surface area contributed by atoms with E-state index in [0.717, 1.165) is 48.5 Å². The van der Waals surface area contributed by atoms with Gasteiger partial charge in [-0.05, 0) is 106 Å². The van der Waals surface area contributed by atoms with Crippen LogP contribution in [-0.4, -0.2) is 39.4 Å². The van der Waals surface area contributed by atoms with Gasteiger partial charge >= 0.3 is 0 Å². The number of carbonyl (C=O) groups is 1. The molecule has 0 aromatic heterocycles. The first-order valence-electron chi connectivity index (χ1n) is 16.5. The number of carbonyl (C=O) groups excluding carboxylic acids is 1. The van der Waals surface area contributed by atoms with Crippen molar-refractivity contribution in [1.82, 2.24) is 10.2 Å². The zero-order chi connectivity index (χ0) is 35.4. The maximum atomic E-state index is 13.7. The molecule has 0 fully saturated rings. The van der Waals surface area contributed by atoms with Crippen molar-refractivity contribution in [2.45, 2.75) is 94.4 Å². The van der Waals surface area contributed by atoms with Gasteiger partial charge in [0.15, 0.2) is 0 Å². The molecule has 0 saturated carbocycles. The molecular formula is C41H67FN2O. The van der Waals surface area contributed by atoms with Crippen molar-refractivity contribution >= 4 is 6.79 Å². The highest BCUT2D eigenvalue weighted by Crippen LogP contribution is 2.29. The van der Waals surface area contributed by atoms with Gasteiger partial charge in [-0.1, -0.05) is 122 Å². The highest BCUT2D eigenvalue weighted by Gasteiger charge is 2.09. The summed E-state index contributed by atoms with van der Waals surface area (Å²) in [6.07, 6.45) is 13.4. The highest BCUT2D eigenvalue weighted by atomic mass is 19.1. The van der Waals surface area contributed by atoms with E-state index >= 15 is 0 Å². The quantitative estimate of drug-likeness (QED) is 0.226. The Kier molecular flexibility index (Phi) is 30.2. The summed E-state index contributed by atoms with van der Waals surface area (Å²) in [5.74, 6) is 1.33. The largest absolute Gasteiger partial charge is 0.392 e. The minimum absolute atomic E-state index is 0.0909. The van der Waals surface area contributed by atoms with Crippen molar-refractivity contribution in [2.24, 2.45) is 11.8 Å². The summed E-state index contributed by atoms with van der Waals surface area (Å²) in [6.45, 7) is 29.8. The minimum Gasteiger partial charge on any atom is -0.392 e. The number of hydrogen-bond donors (Lipinski definition) is 1. The number of halogens is 1. The summed E-state index contributed by atoms with van der Waals surface area (Å²) < 4.78 is 13.7. The number of rotatable bonds is 13. The molecule has 0 aliphatic heterocycles. The number of hydrogen-bond acceptors (Lipinski definition) is 3. The number of nitrogens with one attached hydrogen (secondary N) is 1. The molecule has 0 aliphatic rings. The van der Waals surface area contributed by atoms with E-state index in [-0.39, 0.29) is 5.82 Å². The summed E-state index contributed by atoms with van der Waals surface area (Å²) in [6, 6.07) is 11.7. The summed E-state index contributed by atoms with van der Waals surface area (Å²) in [7, 11) is 6.11. The van der Waals surface area contributed by atoms with Gasteiger partial charge in [-0.15, -0.1) is 0 Å². The molecule has 1 atom stereocenters. The molecule has 0 radical (unpaired) electrons. The smallest absolute Gasteiger partial charge is 0.126 e. The predicted octanol–water partition coefficient (Wildman–Crippen LogP) is 11.3. The van der Waals surface area contributed by atoms with Crippen molar-refractivity contribution in [2.75, 3.05) is 27.7 Å². The number of nitrogens with zero attached hydrogens (tertiary/aromatic N) is 1. The molecule has 45 heavy (non-hydrogen) atoms. The van der Waals surface area contributed by atoms with Gasteiger partial charge in [0.25, 0.3) is 0 Å². The molecule has 2 rings (SSSR count). The second-order valence-corrected chi connectivity index (χ2v) is 11.5. The van der Waals surface area contributed by atoms with Crippen LogP contribution in [0.25, 0.3) is 11.1 Å². The molecule has 0 bridgehead atoms. The predicted molar refractivity (Wildman–Crippen MR) is 201 cm³/mol. The Balaban J connectivity index is -0.000000579. The fourth-order valence-corrected chi connectivity index (χ4v) is 4.33. The van der Waals surface area contributed by atoms with Gasteiger partial charge in [0, 0.05) is 19.3 Å². The van der Waals surface area contributed by atoms with Gasteiger partial charge in [0.05, 0.1) is 0 Å². The van der Waals surface area contributed by atoms with E-state index in [1.807, 2.05) is 45.9 Å². The van der Waals surface area contributed by atoms with Crippen molar-refractivity contribution < 1.29 is 9.18 Å². The van der Waals surface area contributed by atoms with Crippen molar-refractivity contribution in [1.29, 1.82) is 0 Å². The van der Waals surface area contributed by atoms with Crippen molar-refractivity contribution in [3.63, 3.8) is 0 Å². The van der Waals surface area contributed by atoms with Crippen LogP contribution in [0.4, 0.5) is 4.39 Å². The molecule has 254 valence electrons. The van der Waals surface area contributed by atoms with E-state index in [2.05, 4.69) is 116 Å². The monoisotopic (exact) mass is 623 g/mol. The number of benzene rings is 2. The minimum atomic E-state index is -0.0909. The zero-order valence-corrected chi connectivity index (χ0v) is 31.0. The Hall–Kier alpha value is -3.24. The normalized spacial score (nSPS) is 11.1. The molecule has 0 heterocycles. The van der Waals surface area contributed by atoms with E-state index < -0.39 is 0 Å². The molecule has 2 aromatic rings. The van der Waals surface area contributed by atoms with Crippen LogP contribution in [0.3, 0.4) is 0 Å². The Morgan fingerprint density at radius 1 is 1.02 bits per heavy atom. The van der Waals surface area contributed by atoms with E-state index in [0.29, 0.717) is 5.92 Å². The van der Waals surface area contributed by atoms with Crippen LogP contribution < -0.4 is 5.32 Å². The van der Waals surface area contributed by atoms with Crippen LogP contribution in [0.2, 0.25) is 0 Å². The Morgan fingerprint density at radius 2 is 1.60 bits per heavy atom. The van der Waals surface area contributed by atoms with Gasteiger partial charge in [-0.25, -0.2) is 4.39 Å². The van der Waals surface area contributed by atoms with E-state index in [9.17, 15) is 4.39 Å². The summed E-state index contributed by atoms with van der Waals surface area (Å²) in [4.78, 5) is 10.2. The van der Waals surface area contributed by atoms with Crippen LogP contribution in [0.15, 0.2) is 85.1 Å². The lowest BCUT2D eigenvalue weighted by Gasteiger charge is -2.15. The molecular weight excluding hydrogens is 555 g/mol. The van der Waals surface area contributed by atoms with E-state index in [1.54, 1.807) is 12.1 Å². The highest BCUT2D eigenvalue weighted by molar-refractivity contribution is 5.71. The maximum Gasteiger partial charge on any atom is 0.126 e. The Bertz CT molecular complexity index is 1090. The third-order valence-corrected chi connectivity index (χ3v) is 7.09. The third kappa shape index (κ3) is 22.0. The number of allylic oxidation sites excluding steroid dienone is 5. The lowest BCUT2D eigenvalue weighted by atomic mass is 9.94. The topological polar surface area (TPSA) is 32.3 Å². The molecule has 0 spiro atoms. The zero-order valence-electron chi connectivity index (χ0n) is 31.0. The van der Waals surface area contributed by atoms with Crippen LogP contribution >= 0.6 is 0 Å². The SMILES string of the molecule is C=C(NC)C(C)CCC(C)C.C=C/C=C\C(=C/C)CCN(C)C.C=O.CC.CCCc1cc(-c2c(C)cccc2C)ccc1F. The third-order valence-electron chi connectivity index (χ3n) is 7.09. The molecule has 0 aliphatic carbocycles. The second-order valence-electron chi connectivity index (χ2n) is 11.5. The first-order chi connectivity index (χ1) is 21.4. The molecule has 0 saturated heterocycles. The molecule has 1 unspecified atom stereocenters. The summed E-state index contributed by atoms with van der Waals surface area (Å²) in [5, 5.41) is 3.09.